The number of fused-ring (bicyclic) bond motifs is 1. The maximum Gasteiger partial charge on any atom is 0.159 e. The zero-order valence-electron chi connectivity index (χ0n) is 18.7. The van der Waals surface area contributed by atoms with Gasteiger partial charge in [0.2, 0.25) is 0 Å². The predicted octanol–water partition coefficient (Wildman–Crippen LogP) is 3.73. The molecule has 0 spiro atoms. The molecule has 0 radical (unpaired) electrons. The lowest BCUT2D eigenvalue weighted by Crippen LogP contribution is -2.36. The standard InChI is InChI=1S/C24H26FN5O3/c1-31-17-9-15(10-18(12-17)32-2)3-4-16-11-22(29-28-16)24-26-20-13-19(25)23(14-21(20)27-24)30-5-7-33-8-6-30/h9-14H,3-8H2,1-2H3,(H,26,27)(H,28,29). The minimum atomic E-state index is -0.268. The zero-order valence-corrected chi connectivity index (χ0v) is 18.7. The molecule has 9 heteroatoms. The molecule has 1 aliphatic heterocycles. The smallest absolute Gasteiger partial charge is 0.159 e. The van der Waals surface area contributed by atoms with E-state index < -0.39 is 0 Å². The molecule has 3 heterocycles. The Kier molecular flexibility index (Phi) is 5.87. The van der Waals surface area contributed by atoms with Gasteiger partial charge < -0.3 is 24.1 Å². The molecule has 33 heavy (non-hydrogen) atoms. The Morgan fingerprint density at radius 3 is 2.48 bits per heavy atom. The fourth-order valence-corrected chi connectivity index (χ4v) is 4.09. The van der Waals surface area contributed by atoms with Gasteiger partial charge in [0.15, 0.2) is 5.82 Å². The van der Waals surface area contributed by atoms with Crippen LogP contribution in [0.15, 0.2) is 36.4 Å². The van der Waals surface area contributed by atoms with Crippen molar-refractivity contribution < 1.29 is 18.6 Å². The van der Waals surface area contributed by atoms with Crippen LogP contribution in [-0.2, 0) is 17.6 Å². The number of nitrogens with one attached hydrogen (secondary N) is 2. The normalized spacial score (nSPS) is 14.1. The van der Waals surface area contributed by atoms with E-state index in [0.29, 0.717) is 54.5 Å². The van der Waals surface area contributed by atoms with Crippen LogP contribution in [0.25, 0.3) is 22.6 Å². The number of nitrogens with zero attached hydrogens (tertiary/aromatic N) is 3. The zero-order chi connectivity index (χ0) is 22.8. The number of H-pyrrole nitrogens is 2. The van der Waals surface area contributed by atoms with Crippen molar-refractivity contribution in [2.75, 3.05) is 45.4 Å². The fourth-order valence-electron chi connectivity index (χ4n) is 4.09. The molecule has 2 aromatic carbocycles. The van der Waals surface area contributed by atoms with Gasteiger partial charge in [0.25, 0.3) is 0 Å². The van der Waals surface area contributed by atoms with Crippen LogP contribution in [0.1, 0.15) is 11.3 Å². The number of halogens is 1. The number of methoxy groups -OCH3 is 2. The third kappa shape index (κ3) is 4.49. The second-order valence-corrected chi connectivity index (χ2v) is 8.00. The quantitative estimate of drug-likeness (QED) is 0.445. The summed E-state index contributed by atoms with van der Waals surface area (Å²) in [4.78, 5) is 9.84. The Bertz CT molecular complexity index is 1240. The first kappa shape index (κ1) is 21.3. The SMILES string of the molecule is COc1cc(CCc2cc(-c3nc4cc(N5CCOCC5)c(F)cc4[nH]3)n[nH]2)cc(OC)c1. The van der Waals surface area contributed by atoms with E-state index in [1.807, 2.05) is 29.2 Å². The van der Waals surface area contributed by atoms with Gasteiger partial charge in [-0.2, -0.15) is 5.10 Å². The lowest BCUT2D eigenvalue weighted by atomic mass is 10.1. The number of anilines is 1. The second-order valence-electron chi connectivity index (χ2n) is 8.00. The molecule has 0 saturated carbocycles. The Hall–Kier alpha value is -3.59. The van der Waals surface area contributed by atoms with Crippen LogP contribution in [0.3, 0.4) is 0 Å². The van der Waals surface area contributed by atoms with Gasteiger partial charge in [-0.15, -0.1) is 0 Å². The molecule has 2 aromatic heterocycles. The summed E-state index contributed by atoms with van der Waals surface area (Å²) in [6, 6.07) is 11.1. The third-order valence-corrected chi connectivity index (χ3v) is 5.87. The van der Waals surface area contributed by atoms with E-state index in [1.54, 1.807) is 20.3 Å². The molecule has 0 aliphatic carbocycles. The van der Waals surface area contributed by atoms with Crippen LogP contribution < -0.4 is 14.4 Å². The lowest BCUT2D eigenvalue weighted by Gasteiger charge is -2.29. The fraction of sp³-hybridized carbons (Fsp3) is 0.333. The maximum atomic E-state index is 14.7. The summed E-state index contributed by atoms with van der Waals surface area (Å²) in [5, 5.41) is 7.49. The summed E-state index contributed by atoms with van der Waals surface area (Å²) in [5.41, 5.74) is 4.69. The monoisotopic (exact) mass is 451 g/mol. The molecule has 1 saturated heterocycles. The minimum absolute atomic E-state index is 0.268. The van der Waals surface area contributed by atoms with E-state index in [4.69, 9.17) is 14.2 Å². The molecule has 1 fully saturated rings. The number of hydrogen-bond donors (Lipinski definition) is 2. The molecule has 0 unspecified atom stereocenters. The highest BCUT2D eigenvalue weighted by atomic mass is 19.1. The topological polar surface area (TPSA) is 88.3 Å². The number of aromatic nitrogens is 4. The maximum absolute atomic E-state index is 14.7. The van der Waals surface area contributed by atoms with Gasteiger partial charge in [-0.1, -0.05) is 0 Å². The molecule has 0 atom stereocenters. The largest absolute Gasteiger partial charge is 0.497 e. The number of imidazole rings is 1. The van der Waals surface area contributed by atoms with Crippen LogP contribution in [0.4, 0.5) is 10.1 Å². The van der Waals surface area contributed by atoms with E-state index >= 15 is 0 Å². The van der Waals surface area contributed by atoms with Crippen molar-refractivity contribution in [2.45, 2.75) is 12.8 Å². The molecular weight excluding hydrogens is 425 g/mol. The van der Waals surface area contributed by atoms with E-state index in [9.17, 15) is 4.39 Å². The lowest BCUT2D eigenvalue weighted by molar-refractivity contribution is 0.122. The van der Waals surface area contributed by atoms with Crippen molar-refractivity contribution in [3.8, 4) is 23.0 Å². The summed E-state index contributed by atoms with van der Waals surface area (Å²) in [6.45, 7) is 2.53. The molecule has 5 rings (SSSR count). The van der Waals surface area contributed by atoms with Gasteiger partial charge >= 0.3 is 0 Å². The molecule has 1 aliphatic rings. The number of ether oxygens (including phenoxy) is 3. The highest BCUT2D eigenvalue weighted by molar-refractivity contribution is 5.83. The van der Waals surface area contributed by atoms with E-state index in [1.165, 1.54) is 6.07 Å². The molecule has 8 nitrogen and oxygen atoms in total. The van der Waals surface area contributed by atoms with Gasteiger partial charge in [-0.25, -0.2) is 9.37 Å². The van der Waals surface area contributed by atoms with Crippen molar-refractivity contribution in [1.82, 2.24) is 20.2 Å². The second kappa shape index (κ2) is 9.11. The van der Waals surface area contributed by atoms with Gasteiger partial charge in [0, 0.05) is 30.9 Å². The van der Waals surface area contributed by atoms with Crippen LogP contribution in [0.5, 0.6) is 11.5 Å². The molecule has 2 N–H and O–H groups in total. The summed E-state index contributed by atoms with van der Waals surface area (Å²) in [7, 11) is 3.28. The number of morpholine rings is 1. The molecule has 4 aromatic rings. The van der Waals surface area contributed by atoms with Gasteiger partial charge in [-0.05, 0) is 42.7 Å². The number of rotatable bonds is 7. The highest BCUT2D eigenvalue weighted by Gasteiger charge is 2.18. The van der Waals surface area contributed by atoms with E-state index in [-0.39, 0.29) is 5.82 Å². The average Bonchev–Trinajstić information content (AvgIpc) is 3.49. The van der Waals surface area contributed by atoms with Crippen molar-refractivity contribution in [2.24, 2.45) is 0 Å². The molecule has 172 valence electrons. The van der Waals surface area contributed by atoms with Crippen molar-refractivity contribution >= 4 is 16.7 Å². The molecule has 0 bridgehead atoms. The average molecular weight is 452 g/mol. The number of benzene rings is 2. The van der Waals surface area contributed by atoms with Crippen LogP contribution in [0.2, 0.25) is 0 Å². The number of hydrogen-bond acceptors (Lipinski definition) is 6. The first-order chi connectivity index (χ1) is 16.1. The van der Waals surface area contributed by atoms with E-state index in [2.05, 4.69) is 20.2 Å². The Balaban J connectivity index is 1.33. The first-order valence-electron chi connectivity index (χ1n) is 10.9. The van der Waals surface area contributed by atoms with Crippen LogP contribution >= 0.6 is 0 Å². The number of aryl methyl sites for hydroxylation is 2. The number of aromatic amines is 2. The Morgan fingerprint density at radius 1 is 1.00 bits per heavy atom. The van der Waals surface area contributed by atoms with Crippen molar-refractivity contribution in [3.63, 3.8) is 0 Å². The Morgan fingerprint density at radius 2 is 1.76 bits per heavy atom. The van der Waals surface area contributed by atoms with Crippen LogP contribution in [-0.4, -0.2) is 60.7 Å². The third-order valence-electron chi connectivity index (χ3n) is 5.87. The van der Waals surface area contributed by atoms with Crippen LogP contribution in [0, 0.1) is 5.82 Å². The summed E-state index contributed by atoms with van der Waals surface area (Å²) < 4.78 is 30.8. The predicted molar refractivity (Wildman–Crippen MR) is 124 cm³/mol. The summed E-state index contributed by atoms with van der Waals surface area (Å²) in [5.74, 6) is 1.87. The van der Waals surface area contributed by atoms with E-state index in [0.717, 1.165) is 35.6 Å². The van der Waals surface area contributed by atoms with Gasteiger partial charge in [0.1, 0.15) is 23.0 Å². The van der Waals surface area contributed by atoms with Gasteiger partial charge in [0.05, 0.1) is 44.2 Å². The summed E-state index contributed by atoms with van der Waals surface area (Å²) >= 11 is 0. The Labute approximate surface area is 190 Å². The highest BCUT2D eigenvalue weighted by Crippen LogP contribution is 2.28. The molecule has 0 amide bonds. The van der Waals surface area contributed by atoms with Gasteiger partial charge in [-0.3, -0.25) is 5.10 Å². The first-order valence-corrected chi connectivity index (χ1v) is 10.9. The van der Waals surface area contributed by atoms with Crippen molar-refractivity contribution in [1.29, 1.82) is 0 Å². The van der Waals surface area contributed by atoms with Crippen molar-refractivity contribution in [3.05, 3.63) is 53.5 Å². The molecular formula is C24H26FN5O3. The minimum Gasteiger partial charge on any atom is -0.497 e. The summed E-state index contributed by atoms with van der Waals surface area (Å²) in [6.07, 6.45) is 1.56.